The zero-order valence-corrected chi connectivity index (χ0v) is 13.1. The molecular weight excluding hydrogens is 274 g/mol. The highest BCUT2D eigenvalue weighted by atomic mass is 16.5. The molecule has 0 saturated heterocycles. The predicted octanol–water partition coefficient (Wildman–Crippen LogP) is 4.32. The second kappa shape index (κ2) is 5.72. The standard InChI is InChI=1S/C18H21N3O/c1-11(2)13-4-7-15(8-5-13)20-18-12(3)22-17-9-6-14(19)10-16(17)21-18/h4-12H,19H2,1-3H3,(H,20,21). The van der Waals surface area contributed by atoms with Crippen LogP contribution in [0.1, 0.15) is 32.3 Å². The fraction of sp³-hybridized carbons (Fsp3) is 0.278. The lowest BCUT2D eigenvalue weighted by molar-refractivity contribution is 0.283. The maximum atomic E-state index is 5.88. The normalized spacial score (nSPS) is 16.7. The Kier molecular flexibility index (Phi) is 3.75. The smallest absolute Gasteiger partial charge is 0.153 e. The van der Waals surface area contributed by atoms with Gasteiger partial charge < -0.3 is 15.8 Å². The van der Waals surface area contributed by atoms with Gasteiger partial charge in [-0.25, -0.2) is 4.99 Å². The van der Waals surface area contributed by atoms with Crippen LogP contribution in [0.4, 0.5) is 17.1 Å². The topological polar surface area (TPSA) is 59.6 Å². The van der Waals surface area contributed by atoms with Crippen LogP contribution in [0.5, 0.6) is 5.75 Å². The largest absolute Gasteiger partial charge is 0.481 e. The summed E-state index contributed by atoms with van der Waals surface area (Å²) in [5, 5.41) is 3.34. The molecule has 2 aromatic rings. The van der Waals surface area contributed by atoms with Crippen molar-refractivity contribution < 1.29 is 4.74 Å². The minimum Gasteiger partial charge on any atom is -0.481 e. The van der Waals surface area contributed by atoms with Crippen LogP contribution in [0.3, 0.4) is 0 Å². The summed E-state index contributed by atoms with van der Waals surface area (Å²) in [4.78, 5) is 4.64. The molecule has 1 aliphatic rings. The Morgan fingerprint density at radius 1 is 1.14 bits per heavy atom. The molecule has 4 heteroatoms. The first-order chi connectivity index (χ1) is 10.5. The molecule has 0 spiro atoms. The monoisotopic (exact) mass is 295 g/mol. The quantitative estimate of drug-likeness (QED) is 0.811. The highest BCUT2D eigenvalue weighted by Crippen LogP contribution is 2.34. The molecule has 0 aliphatic carbocycles. The Hall–Kier alpha value is -2.49. The van der Waals surface area contributed by atoms with Crippen LogP contribution in [-0.4, -0.2) is 11.9 Å². The Morgan fingerprint density at radius 3 is 2.55 bits per heavy atom. The summed E-state index contributed by atoms with van der Waals surface area (Å²) in [5.41, 5.74) is 9.58. The molecule has 1 unspecified atom stereocenters. The molecule has 0 saturated carbocycles. The molecule has 0 fully saturated rings. The number of aliphatic imine (C=N–C) groups is 1. The van der Waals surface area contributed by atoms with E-state index >= 15 is 0 Å². The van der Waals surface area contributed by atoms with Gasteiger partial charge in [0.1, 0.15) is 17.3 Å². The molecule has 3 N–H and O–H groups in total. The summed E-state index contributed by atoms with van der Waals surface area (Å²) < 4.78 is 5.88. The van der Waals surface area contributed by atoms with Crippen LogP contribution in [0.2, 0.25) is 0 Å². The second-order valence-corrected chi connectivity index (χ2v) is 5.89. The van der Waals surface area contributed by atoms with Crippen molar-refractivity contribution in [1.82, 2.24) is 0 Å². The summed E-state index contributed by atoms with van der Waals surface area (Å²) in [7, 11) is 0. The van der Waals surface area contributed by atoms with Gasteiger partial charge in [0.2, 0.25) is 0 Å². The average molecular weight is 295 g/mol. The van der Waals surface area contributed by atoms with E-state index in [2.05, 4.69) is 48.4 Å². The van der Waals surface area contributed by atoms with Crippen LogP contribution in [0.15, 0.2) is 47.5 Å². The molecule has 1 aliphatic heterocycles. The van der Waals surface area contributed by atoms with E-state index in [1.807, 2.05) is 25.1 Å². The Balaban J connectivity index is 1.85. The first-order valence-corrected chi connectivity index (χ1v) is 7.54. The van der Waals surface area contributed by atoms with Gasteiger partial charge in [-0.3, -0.25) is 0 Å². The Bertz CT molecular complexity index is 705. The van der Waals surface area contributed by atoms with Crippen molar-refractivity contribution in [1.29, 1.82) is 0 Å². The average Bonchev–Trinajstić information content (AvgIpc) is 2.49. The third-order valence-corrected chi connectivity index (χ3v) is 3.76. The van der Waals surface area contributed by atoms with Crippen molar-refractivity contribution in [2.45, 2.75) is 32.8 Å². The summed E-state index contributed by atoms with van der Waals surface area (Å²) in [5.74, 6) is 2.08. The molecule has 2 aromatic carbocycles. The Labute approximate surface area is 131 Å². The fourth-order valence-corrected chi connectivity index (χ4v) is 2.42. The molecule has 0 radical (unpaired) electrons. The molecule has 0 amide bonds. The van der Waals surface area contributed by atoms with Gasteiger partial charge in [0.15, 0.2) is 6.10 Å². The number of rotatable bonds is 2. The van der Waals surface area contributed by atoms with Gasteiger partial charge >= 0.3 is 0 Å². The number of hydrogen-bond donors (Lipinski definition) is 2. The van der Waals surface area contributed by atoms with E-state index < -0.39 is 0 Å². The van der Waals surface area contributed by atoms with Gasteiger partial charge in [-0.15, -0.1) is 0 Å². The molecule has 114 valence electrons. The lowest BCUT2D eigenvalue weighted by Gasteiger charge is -2.24. The zero-order valence-electron chi connectivity index (χ0n) is 13.1. The number of benzene rings is 2. The van der Waals surface area contributed by atoms with Crippen molar-refractivity contribution in [3.63, 3.8) is 0 Å². The van der Waals surface area contributed by atoms with Crippen LogP contribution in [-0.2, 0) is 0 Å². The van der Waals surface area contributed by atoms with Crippen molar-refractivity contribution in [2.75, 3.05) is 11.1 Å². The van der Waals surface area contributed by atoms with Gasteiger partial charge in [-0.1, -0.05) is 26.0 Å². The maximum Gasteiger partial charge on any atom is 0.153 e. The van der Waals surface area contributed by atoms with E-state index in [1.54, 1.807) is 0 Å². The number of amidine groups is 1. The lowest BCUT2D eigenvalue weighted by atomic mass is 10.0. The molecule has 3 rings (SSSR count). The highest BCUT2D eigenvalue weighted by Gasteiger charge is 2.20. The Morgan fingerprint density at radius 2 is 1.86 bits per heavy atom. The second-order valence-electron chi connectivity index (χ2n) is 5.89. The van der Waals surface area contributed by atoms with Crippen molar-refractivity contribution in [3.05, 3.63) is 48.0 Å². The number of nitrogens with zero attached hydrogens (tertiary/aromatic N) is 1. The summed E-state index contributed by atoms with van der Waals surface area (Å²) in [6, 6.07) is 13.9. The minimum atomic E-state index is -0.124. The maximum absolute atomic E-state index is 5.88. The van der Waals surface area contributed by atoms with Gasteiger partial charge in [-0.05, 0) is 48.7 Å². The molecular formula is C18H21N3O. The first kappa shape index (κ1) is 14.4. The lowest BCUT2D eigenvalue weighted by Crippen LogP contribution is -2.32. The molecule has 4 nitrogen and oxygen atoms in total. The number of nitrogens with two attached hydrogens (primary N) is 1. The summed E-state index contributed by atoms with van der Waals surface area (Å²) in [6.45, 7) is 6.35. The minimum absolute atomic E-state index is 0.124. The fourth-order valence-electron chi connectivity index (χ4n) is 2.42. The zero-order chi connectivity index (χ0) is 15.7. The number of anilines is 2. The third kappa shape index (κ3) is 2.91. The summed E-state index contributed by atoms with van der Waals surface area (Å²) >= 11 is 0. The van der Waals surface area contributed by atoms with Crippen molar-refractivity contribution in [3.8, 4) is 5.75 Å². The van der Waals surface area contributed by atoms with E-state index in [0.717, 1.165) is 23.0 Å². The molecule has 1 atom stereocenters. The molecule has 0 bridgehead atoms. The van der Waals surface area contributed by atoms with E-state index in [9.17, 15) is 0 Å². The first-order valence-electron chi connectivity index (χ1n) is 7.54. The van der Waals surface area contributed by atoms with Crippen molar-refractivity contribution in [2.24, 2.45) is 4.99 Å². The number of nitrogens with one attached hydrogen (secondary N) is 1. The third-order valence-electron chi connectivity index (χ3n) is 3.76. The van der Waals surface area contributed by atoms with Gasteiger partial charge in [0, 0.05) is 11.4 Å². The van der Waals surface area contributed by atoms with Gasteiger partial charge in [0.05, 0.1) is 0 Å². The van der Waals surface area contributed by atoms with Crippen LogP contribution in [0, 0.1) is 0 Å². The van der Waals surface area contributed by atoms with E-state index in [-0.39, 0.29) is 6.10 Å². The van der Waals surface area contributed by atoms with Crippen LogP contribution < -0.4 is 15.8 Å². The summed E-state index contributed by atoms with van der Waals surface area (Å²) in [6.07, 6.45) is -0.124. The SMILES string of the molecule is CC1Oc2ccc(N)cc2N=C1Nc1ccc(C(C)C)cc1. The molecule has 0 aromatic heterocycles. The number of ether oxygens (including phenoxy) is 1. The highest BCUT2D eigenvalue weighted by molar-refractivity contribution is 6.01. The van der Waals surface area contributed by atoms with Crippen LogP contribution >= 0.6 is 0 Å². The number of fused-ring (bicyclic) bond motifs is 1. The molecule has 1 heterocycles. The molecule has 22 heavy (non-hydrogen) atoms. The van der Waals surface area contributed by atoms with Gasteiger partial charge in [0.25, 0.3) is 0 Å². The van der Waals surface area contributed by atoms with E-state index in [1.165, 1.54) is 5.56 Å². The number of nitrogen functional groups attached to an aromatic ring is 1. The van der Waals surface area contributed by atoms with E-state index in [0.29, 0.717) is 11.6 Å². The van der Waals surface area contributed by atoms with Gasteiger partial charge in [-0.2, -0.15) is 0 Å². The van der Waals surface area contributed by atoms with Crippen molar-refractivity contribution >= 4 is 22.9 Å². The van der Waals surface area contributed by atoms with Crippen LogP contribution in [0.25, 0.3) is 0 Å². The predicted molar refractivity (Wildman–Crippen MR) is 92.2 cm³/mol. The van der Waals surface area contributed by atoms with E-state index in [4.69, 9.17) is 10.5 Å². The number of hydrogen-bond acceptors (Lipinski definition) is 4.